The molecule has 1 aliphatic rings. The number of nitrogens with zero attached hydrogens (tertiary/aromatic N) is 2. The number of aromatic nitrogens is 1. The highest BCUT2D eigenvalue weighted by molar-refractivity contribution is 7.89. The molecule has 2 rings (SSSR count). The van der Waals surface area contributed by atoms with Crippen LogP contribution in [0, 0.1) is 0 Å². The number of rotatable bonds is 5. The van der Waals surface area contributed by atoms with Crippen molar-refractivity contribution in [2.24, 2.45) is 0 Å². The molecule has 0 aliphatic heterocycles. The number of sulfonamides is 1. The van der Waals surface area contributed by atoms with Gasteiger partial charge in [-0.05, 0) is 32.8 Å². The SMILES string of the molecule is CC(C)n1cc(S(=O)(=O)N(C)C2CC2)cc1CCl. The van der Waals surface area contributed by atoms with Gasteiger partial charge in [-0.3, -0.25) is 0 Å². The molecule has 18 heavy (non-hydrogen) atoms. The molecular formula is C12H19ClN2O2S. The van der Waals surface area contributed by atoms with Crippen LogP contribution in [-0.4, -0.2) is 30.4 Å². The summed E-state index contributed by atoms with van der Waals surface area (Å²) < 4.78 is 28.2. The van der Waals surface area contributed by atoms with E-state index >= 15 is 0 Å². The molecule has 1 aromatic heterocycles. The number of alkyl halides is 1. The lowest BCUT2D eigenvalue weighted by atomic mass is 10.4. The van der Waals surface area contributed by atoms with Crippen LogP contribution in [0.25, 0.3) is 0 Å². The van der Waals surface area contributed by atoms with Gasteiger partial charge in [-0.15, -0.1) is 11.6 Å². The summed E-state index contributed by atoms with van der Waals surface area (Å²) in [5, 5.41) is 0. The van der Waals surface area contributed by atoms with Crippen molar-refractivity contribution in [3.8, 4) is 0 Å². The van der Waals surface area contributed by atoms with Gasteiger partial charge in [0.25, 0.3) is 0 Å². The molecule has 0 saturated heterocycles. The molecule has 0 spiro atoms. The zero-order valence-corrected chi connectivity index (χ0v) is 12.5. The summed E-state index contributed by atoms with van der Waals surface area (Å²) in [6.45, 7) is 4.02. The van der Waals surface area contributed by atoms with Crippen LogP contribution >= 0.6 is 11.6 Å². The topological polar surface area (TPSA) is 42.3 Å². The minimum absolute atomic E-state index is 0.178. The lowest BCUT2D eigenvalue weighted by Crippen LogP contribution is -2.28. The van der Waals surface area contributed by atoms with E-state index < -0.39 is 10.0 Å². The predicted octanol–water partition coefficient (Wildman–Crippen LogP) is 2.59. The van der Waals surface area contributed by atoms with Gasteiger partial charge in [-0.25, -0.2) is 8.42 Å². The van der Waals surface area contributed by atoms with Crippen molar-refractivity contribution >= 4 is 21.6 Å². The lowest BCUT2D eigenvalue weighted by Gasteiger charge is -2.15. The zero-order valence-electron chi connectivity index (χ0n) is 10.9. The summed E-state index contributed by atoms with van der Waals surface area (Å²) >= 11 is 5.86. The van der Waals surface area contributed by atoms with E-state index in [0.29, 0.717) is 10.8 Å². The van der Waals surface area contributed by atoms with E-state index in [1.165, 1.54) is 4.31 Å². The highest BCUT2D eigenvalue weighted by Gasteiger charge is 2.35. The first-order valence-electron chi connectivity index (χ1n) is 6.12. The molecule has 1 aromatic rings. The Hall–Kier alpha value is -0.520. The molecule has 1 saturated carbocycles. The molecule has 1 heterocycles. The van der Waals surface area contributed by atoms with Crippen molar-refractivity contribution in [1.82, 2.24) is 8.87 Å². The maximum absolute atomic E-state index is 12.4. The Balaban J connectivity index is 2.38. The van der Waals surface area contributed by atoms with Crippen LogP contribution < -0.4 is 0 Å². The molecule has 1 aliphatic carbocycles. The molecule has 1 fully saturated rings. The average Bonchev–Trinajstić information content (AvgIpc) is 3.05. The van der Waals surface area contributed by atoms with Gasteiger partial charge in [0, 0.05) is 31.0 Å². The Kier molecular flexibility index (Phi) is 3.76. The van der Waals surface area contributed by atoms with Gasteiger partial charge in [-0.1, -0.05) is 0 Å². The van der Waals surface area contributed by atoms with Crippen molar-refractivity contribution in [3.63, 3.8) is 0 Å². The number of hydrogen-bond donors (Lipinski definition) is 0. The van der Waals surface area contributed by atoms with Gasteiger partial charge >= 0.3 is 0 Å². The third-order valence-electron chi connectivity index (χ3n) is 3.34. The Morgan fingerprint density at radius 2 is 2.11 bits per heavy atom. The Bertz CT molecular complexity index is 532. The molecule has 4 nitrogen and oxygen atoms in total. The second-order valence-electron chi connectivity index (χ2n) is 5.05. The highest BCUT2D eigenvalue weighted by Crippen LogP contribution is 2.31. The van der Waals surface area contributed by atoms with Crippen LogP contribution in [0.15, 0.2) is 17.2 Å². The minimum Gasteiger partial charge on any atom is -0.346 e. The first kappa shape index (κ1) is 13.9. The van der Waals surface area contributed by atoms with E-state index in [-0.39, 0.29) is 12.1 Å². The Morgan fingerprint density at radius 1 is 1.50 bits per heavy atom. The monoisotopic (exact) mass is 290 g/mol. The van der Waals surface area contributed by atoms with Gasteiger partial charge in [0.2, 0.25) is 10.0 Å². The molecule has 0 atom stereocenters. The van der Waals surface area contributed by atoms with Crippen molar-refractivity contribution in [1.29, 1.82) is 0 Å². The maximum Gasteiger partial charge on any atom is 0.244 e. The van der Waals surface area contributed by atoms with Crippen LogP contribution in [0.1, 0.15) is 38.4 Å². The third kappa shape index (κ3) is 2.44. The number of halogens is 1. The minimum atomic E-state index is -3.37. The molecular weight excluding hydrogens is 272 g/mol. The van der Waals surface area contributed by atoms with Crippen LogP contribution in [0.2, 0.25) is 0 Å². The van der Waals surface area contributed by atoms with Crippen molar-refractivity contribution in [2.75, 3.05) is 7.05 Å². The molecule has 0 radical (unpaired) electrons. The average molecular weight is 291 g/mol. The van der Waals surface area contributed by atoms with Gasteiger partial charge in [0.1, 0.15) is 4.90 Å². The van der Waals surface area contributed by atoms with Crippen molar-refractivity contribution in [2.45, 2.75) is 49.5 Å². The molecule has 6 heteroatoms. The number of hydrogen-bond acceptors (Lipinski definition) is 2. The summed E-state index contributed by atoms with van der Waals surface area (Å²) in [6.07, 6.45) is 3.61. The van der Waals surface area contributed by atoms with E-state index in [2.05, 4.69) is 0 Å². The second-order valence-corrected chi connectivity index (χ2v) is 7.32. The molecule has 0 bridgehead atoms. The summed E-state index contributed by atoms with van der Waals surface area (Å²) in [5.74, 6) is 0.320. The van der Waals surface area contributed by atoms with E-state index in [4.69, 9.17) is 11.6 Å². The third-order valence-corrected chi connectivity index (χ3v) is 5.49. The van der Waals surface area contributed by atoms with E-state index in [0.717, 1.165) is 18.5 Å². The quantitative estimate of drug-likeness (QED) is 0.782. The largest absolute Gasteiger partial charge is 0.346 e. The molecule has 0 aromatic carbocycles. The summed E-state index contributed by atoms with van der Waals surface area (Å²) in [4.78, 5) is 0.348. The van der Waals surface area contributed by atoms with Crippen molar-refractivity contribution < 1.29 is 8.42 Å². The normalized spacial score (nSPS) is 16.8. The first-order valence-corrected chi connectivity index (χ1v) is 8.10. The van der Waals surface area contributed by atoms with Gasteiger partial charge in [0.05, 0.1) is 5.88 Å². The van der Waals surface area contributed by atoms with Crippen LogP contribution in [-0.2, 0) is 15.9 Å². The Morgan fingerprint density at radius 3 is 2.50 bits per heavy atom. The molecule has 102 valence electrons. The Labute approximate surface area is 114 Å². The van der Waals surface area contributed by atoms with Crippen molar-refractivity contribution in [3.05, 3.63) is 18.0 Å². The smallest absolute Gasteiger partial charge is 0.244 e. The molecule has 0 unspecified atom stereocenters. The summed E-state index contributed by atoms with van der Waals surface area (Å²) in [7, 11) is -1.71. The standard InChI is InChI=1S/C12H19ClN2O2S/c1-9(2)15-8-12(6-11(15)7-13)18(16,17)14(3)10-4-5-10/h6,8-10H,4-5,7H2,1-3H3. The van der Waals surface area contributed by atoms with Gasteiger partial charge in [-0.2, -0.15) is 4.31 Å². The van der Waals surface area contributed by atoms with E-state index in [9.17, 15) is 8.42 Å². The van der Waals surface area contributed by atoms with Gasteiger partial charge in [0.15, 0.2) is 0 Å². The van der Waals surface area contributed by atoms with E-state index in [1.807, 2.05) is 18.4 Å². The van der Waals surface area contributed by atoms with Gasteiger partial charge < -0.3 is 4.57 Å². The summed E-state index contributed by atoms with van der Waals surface area (Å²) in [5.41, 5.74) is 0.842. The summed E-state index contributed by atoms with van der Waals surface area (Å²) in [6, 6.07) is 2.06. The fraction of sp³-hybridized carbons (Fsp3) is 0.667. The van der Waals surface area contributed by atoms with Crippen LogP contribution in [0.3, 0.4) is 0 Å². The fourth-order valence-corrected chi connectivity index (χ4v) is 3.71. The fourth-order valence-electron chi connectivity index (χ4n) is 2.03. The maximum atomic E-state index is 12.4. The lowest BCUT2D eigenvalue weighted by molar-refractivity contribution is 0.464. The first-order chi connectivity index (χ1) is 8.37. The predicted molar refractivity (Wildman–Crippen MR) is 72.3 cm³/mol. The van der Waals surface area contributed by atoms with Crippen LogP contribution in [0.5, 0.6) is 0 Å². The molecule has 0 N–H and O–H groups in total. The van der Waals surface area contributed by atoms with E-state index in [1.54, 1.807) is 19.3 Å². The molecule has 0 amide bonds. The second kappa shape index (κ2) is 4.87. The zero-order chi connectivity index (χ0) is 13.5. The van der Waals surface area contributed by atoms with Crippen LogP contribution in [0.4, 0.5) is 0 Å². The highest BCUT2D eigenvalue weighted by atomic mass is 35.5.